The van der Waals surface area contributed by atoms with Gasteiger partial charge < -0.3 is 9.84 Å². The first-order chi connectivity index (χ1) is 9.63. The number of hydrogen-bond donors (Lipinski definition) is 2. The van der Waals surface area contributed by atoms with Crippen LogP contribution in [-0.4, -0.2) is 27.7 Å². The van der Waals surface area contributed by atoms with Gasteiger partial charge in [-0.1, -0.05) is 6.08 Å². The van der Waals surface area contributed by atoms with E-state index in [-0.39, 0.29) is 0 Å². The summed E-state index contributed by atoms with van der Waals surface area (Å²) in [5.41, 5.74) is 1.02. The van der Waals surface area contributed by atoms with Gasteiger partial charge in [0.15, 0.2) is 5.88 Å². The van der Waals surface area contributed by atoms with Gasteiger partial charge in [-0.25, -0.2) is 5.84 Å². The molecule has 0 spiro atoms. The normalized spacial score (nSPS) is 11.7. The molecular formula is C15H23N3O2. The summed E-state index contributed by atoms with van der Waals surface area (Å²) in [5.74, 6) is 6.28. The van der Waals surface area contributed by atoms with Crippen LogP contribution in [0, 0.1) is 0 Å². The lowest BCUT2D eigenvalue weighted by atomic mass is 10.1. The van der Waals surface area contributed by atoms with Gasteiger partial charge in [0, 0.05) is 18.9 Å². The molecule has 0 amide bonds. The first-order valence-corrected chi connectivity index (χ1v) is 6.67. The van der Waals surface area contributed by atoms with Crippen molar-refractivity contribution in [3.05, 3.63) is 55.2 Å². The van der Waals surface area contributed by atoms with Crippen molar-refractivity contribution in [2.75, 3.05) is 6.54 Å². The topological polar surface area (TPSA) is 71.6 Å². The Hall–Kier alpha value is -1.85. The molecule has 5 nitrogen and oxygen atoms in total. The number of aromatic nitrogens is 1. The van der Waals surface area contributed by atoms with E-state index in [0.29, 0.717) is 25.5 Å². The second kappa shape index (κ2) is 9.12. The van der Waals surface area contributed by atoms with Crippen molar-refractivity contribution >= 4 is 0 Å². The van der Waals surface area contributed by atoms with Crippen LogP contribution in [0.25, 0.3) is 0 Å². The molecule has 0 aliphatic rings. The van der Waals surface area contributed by atoms with Gasteiger partial charge in [0.05, 0.1) is 6.10 Å². The van der Waals surface area contributed by atoms with Crippen molar-refractivity contribution in [1.29, 1.82) is 0 Å². The van der Waals surface area contributed by atoms with Crippen molar-refractivity contribution in [1.82, 2.24) is 9.99 Å². The molecule has 0 saturated carbocycles. The Labute approximate surface area is 120 Å². The van der Waals surface area contributed by atoms with Gasteiger partial charge >= 0.3 is 0 Å². The Kier molecular flexibility index (Phi) is 7.39. The number of aliphatic hydroxyl groups is 1. The highest BCUT2D eigenvalue weighted by atomic mass is 16.5. The van der Waals surface area contributed by atoms with Crippen molar-refractivity contribution in [2.24, 2.45) is 5.84 Å². The van der Waals surface area contributed by atoms with Crippen LogP contribution in [0.5, 0.6) is 0 Å². The minimum atomic E-state index is -0.438. The number of pyridine rings is 1. The van der Waals surface area contributed by atoms with Crippen LogP contribution in [0.4, 0.5) is 0 Å². The van der Waals surface area contributed by atoms with Gasteiger partial charge in [0.2, 0.25) is 0 Å². The van der Waals surface area contributed by atoms with Crippen LogP contribution in [-0.2, 0) is 11.3 Å². The van der Waals surface area contributed by atoms with E-state index >= 15 is 0 Å². The standard InChI is InChI=1S/C15H23N3O2/c1-3-15(19)6-4-5-11-18(16)13(2)20-12-14-7-9-17-10-8-14/h3,7-10,15,19H,1-2,4-6,11-12,16H2. The molecule has 1 atom stereocenters. The molecule has 5 heteroatoms. The van der Waals surface area contributed by atoms with E-state index in [1.165, 1.54) is 11.1 Å². The van der Waals surface area contributed by atoms with Gasteiger partial charge in [0.25, 0.3) is 0 Å². The average molecular weight is 277 g/mol. The molecule has 1 unspecified atom stereocenters. The molecule has 1 heterocycles. The SMILES string of the molecule is C=CC(O)CCCCN(N)C(=C)OCc1ccncc1. The fourth-order valence-corrected chi connectivity index (χ4v) is 1.61. The summed E-state index contributed by atoms with van der Waals surface area (Å²) in [7, 11) is 0. The Balaban J connectivity index is 2.17. The second-order valence-electron chi connectivity index (χ2n) is 4.53. The smallest absolute Gasteiger partial charge is 0.196 e. The lowest BCUT2D eigenvalue weighted by Gasteiger charge is -2.21. The molecule has 20 heavy (non-hydrogen) atoms. The fraction of sp³-hybridized carbons (Fsp3) is 0.400. The first-order valence-electron chi connectivity index (χ1n) is 6.67. The molecule has 0 aromatic carbocycles. The highest BCUT2D eigenvalue weighted by Crippen LogP contribution is 2.08. The number of unbranched alkanes of at least 4 members (excludes halogenated alkanes) is 1. The van der Waals surface area contributed by atoms with E-state index in [1.807, 2.05) is 12.1 Å². The average Bonchev–Trinajstić information content (AvgIpc) is 2.49. The third-order valence-corrected chi connectivity index (χ3v) is 2.90. The van der Waals surface area contributed by atoms with E-state index in [9.17, 15) is 5.11 Å². The zero-order chi connectivity index (χ0) is 14.8. The van der Waals surface area contributed by atoms with Crippen molar-refractivity contribution in [3.63, 3.8) is 0 Å². The fourth-order valence-electron chi connectivity index (χ4n) is 1.61. The molecule has 1 rings (SSSR count). The van der Waals surface area contributed by atoms with Crippen molar-refractivity contribution < 1.29 is 9.84 Å². The highest BCUT2D eigenvalue weighted by Gasteiger charge is 2.05. The number of hydrogen-bond acceptors (Lipinski definition) is 5. The molecule has 0 saturated heterocycles. The van der Waals surface area contributed by atoms with E-state index in [1.54, 1.807) is 12.4 Å². The Morgan fingerprint density at radius 2 is 2.15 bits per heavy atom. The minimum Gasteiger partial charge on any atom is -0.474 e. The van der Waals surface area contributed by atoms with Gasteiger partial charge in [-0.2, -0.15) is 0 Å². The van der Waals surface area contributed by atoms with E-state index in [4.69, 9.17) is 10.6 Å². The zero-order valence-corrected chi connectivity index (χ0v) is 11.7. The lowest BCUT2D eigenvalue weighted by molar-refractivity contribution is 0.101. The van der Waals surface area contributed by atoms with Crippen LogP contribution < -0.4 is 5.84 Å². The number of nitrogens with zero attached hydrogens (tertiary/aromatic N) is 2. The molecular weight excluding hydrogens is 254 g/mol. The van der Waals surface area contributed by atoms with E-state index < -0.39 is 6.10 Å². The van der Waals surface area contributed by atoms with Gasteiger partial charge in [0.1, 0.15) is 6.61 Å². The minimum absolute atomic E-state index is 0.421. The van der Waals surface area contributed by atoms with Gasteiger partial charge in [-0.3, -0.25) is 9.99 Å². The Morgan fingerprint density at radius 3 is 2.80 bits per heavy atom. The first kappa shape index (κ1) is 16.2. The maximum Gasteiger partial charge on any atom is 0.196 e. The van der Waals surface area contributed by atoms with Crippen LogP contribution in [0.15, 0.2) is 49.6 Å². The van der Waals surface area contributed by atoms with Crippen LogP contribution in [0.2, 0.25) is 0 Å². The second-order valence-corrected chi connectivity index (χ2v) is 4.53. The van der Waals surface area contributed by atoms with Gasteiger partial charge in [-0.15, -0.1) is 6.58 Å². The summed E-state index contributed by atoms with van der Waals surface area (Å²) in [6.45, 7) is 8.39. The van der Waals surface area contributed by atoms with Crippen LogP contribution >= 0.6 is 0 Å². The Morgan fingerprint density at radius 1 is 1.45 bits per heavy atom. The third-order valence-electron chi connectivity index (χ3n) is 2.90. The molecule has 110 valence electrons. The molecule has 3 N–H and O–H groups in total. The molecule has 0 aliphatic heterocycles. The summed E-state index contributed by atoms with van der Waals surface area (Å²) in [5, 5.41) is 10.8. The van der Waals surface area contributed by atoms with E-state index in [0.717, 1.165) is 18.4 Å². The number of hydrazine groups is 1. The summed E-state index contributed by atoms with van der Waals surface area (Å²) in [6.07, 6.45) is 6.96. The maximum atomic E-state index is 9.33. The molecule has 0 fully saturated rings. The molecule has 1 aromatic rings. The summed E-state index contributed by atoms with van der Waals surface area (Å²) >= 11 is 0. The maximum absolute atomic E-state index is 9.33. The third kappa shape index (κ3) is 6.36. The molecule has 1 aromatic heterocycles. The Bertz CT molecular complexity index is 409. The number of ether oxygens (including phenoxy) is 1. The van der Waals surface area contributed by atoms with Crippen LogP contribution in [0.3, 0.4) is 0 Å². The van der Waals surface area contributed by atoms with Gasteiger partial charge in [-0.05, 0) is 43.5 Å². The molecule has 0 aliphatic carbocycles. The number of rotatable bonds is 10. The largest absolute Gasteiger partial charge is 0.474 e. The lowest BCUT2D eigenvalue weighted by Crippen LogP contribution is -2.32. The summed E-state index contributed by atoms with van der Waals surface area (Å²) in [4.78, 5) is 3.94. The van der Waals surface area contributed by atoms with Crippen LogP contribution in [0.1, 0.15) is 24.8 Å². The molecule has 0 bridgehead atoms. The summed E-state index contributed by atoms with van der Waals surface area (Å²) in [6, 6.07) is 3.76. The number of nitrogens with two attached hydrogens (primary N) is 1. The molecule has 0 radical (unpaired) electrons. The highest BCUT2D eigenvalue weighted by molar-refractivity contribution is 5.08. The number of aliphatic hydroxyl groups excluding tert-OH is 1. The monoisotopic (exact) mass is 277 g/mol. The van der Waals surface area contributed by atoms with Crippen molar-refractivity contribution in [3.8, 4) is 0 Å². The zero-order valence-electron chi connectivity index (χ0n) is 11.7. The van der Waals surface area contributed by atoms with E-state index in [2.05, 4.69) is 18.1 Å². The van der Waals surface area contributed by atoms with Crippen molar-refractivity contribution in [2.45, 2.75) is 32.0 Å². The predicted molar refractivity (Wildman–Crippen MR) is 79.1 cm³/mol. The quantitative estimate of drug-likeness (QED) is 0.225. The predicted octanol–water partition coefficient (Wildman–Crippen LogP) is 1.96. The summed E-state index contributed by atoms with van der Waals surface area (Å²) < 4.78 is 5.50.